The summed E-state index contributed by atoms with van der Waals surface area (Å²) in [6.07, 6.45) is -0.648. The van der Waals surface area contributed by atoms with Gasteiger partial charge in [-0.15, -0.1) is 11.8 Å². The van der Waals surface area contributed by atoms with E-state index in [0.717, 1.165) is 31.0 Å². The van der Waals surface area contributed by atoms with Crippen LogP contribution in [0.15, 0.2) is 10.5 Å². The van der Waals surface area contributed by atoms with E-state index in [9.17, 15) is 22.8 Å². The van der Waals surface area contributed by atoms with E-state index in [1.165, 1.54) is 0 Å². The Bertz CT molecular complexity index is 510. The monoisotopic (exact) mass is 337 g/mol. The predicted octanol–water partition coefficient (Wildman–Crippen LogP) is 2.87. The molecule has 0 saturated heterocycles. The second-order valence-electron chi connectivity index (χ2n) is 5.90. The molecular weight excluding hydrogens is 319 g/mol. The van der Waals surface area contributed by atoms with E-state index in [4.69, 9.17) is 10.8 Å². The number of aliphatic carboxylic acids is 1. The fraction of sp³-hybridized carbons (Fsp3) is 0.714. The molecule has 1 atom stereocenters. The normalized spacial score (nSPS) is 22.4. The van der Waals surface area contributed by atoms with Crippen molar-refractivity contribution in [3.63, 3.8) is 0 Å². The Labute approximate surface area is 130 Å². The van der Waals surface area contributed by atoms with Gasteiger partial charge < -0.3 is 10.8 Å². The minimum Gasteiger partial charge on any atom is -0.480 e. The largest absolute Gasteiger partial charge is 0.480 e. The number of Topliss-reactive ketones (excluding diaryl/α,β-unsaturated/α-hetero) is 1. The summed E-state index contributed by atoms with van der Waals surface area (Å²) in [5.41, 5.74) is 4.58. The van der Waals surface area contributed by atoms with Gasteiger partial charge in [0.1, 0.15) is 6.04 Å². The number of halogens is 3. The molecule has 8 heteroatoms. The van der Waals surface area contributed by atoms with E-state index in [1.54, 1.807) is 0 Å². The van der Waals surface area contributed by atoms with Crippen molar-refractivity contribution in [3.05, 3.63) is 10.5 Å². The van der Waals surface area contributed by atoms with Crippen LogP contribution in [0.1, 0.15) is 38.5 Å². The molecule has 0 aliphatic heterocycles. The van der Waals surface area contributed by atoms with E-state index in [2.05, 4.69) is 0 Å². The summed E-state index contributed by atoms with van der Waals surface area (Å²) in [6.45, 7) is 0. The average molecular weight is 337 g/mol. The molecule has 1 spiro atoms. The van der Waals surface area contributed by atoms with Gasteiger partial charge in [-0.25, -0.2) is 0 Å². The number of carboxylic acids is 1. The third kappa shape index (κ3) is 3.32. The molecule has 1 fully saturated rings. The molecule has 0 amide bonds. The fourth-order valence-corrected chi connectivity index (χ4v) is 4.58. The van der Waals surface area contributed by atoms with Gasteiger partial charge in [-0.05, 0) is 24.2 Å². The van der Waals surface area contributed by atoms with Gasteiger partial charge in [0, 0.05) is 16.7 Å². The third-order valence-electron chi connectivity index (χ3n) is 4.36. The molecule has 2 aliphatic rings. The van der Waals surface area contributed by atoms with Gasteiger partial charge in [-0.1, -0.05) is 19.3 Å². The minimum absolute atomic E-state index is 0.0324. The lowest BCUT2D eigenvalue weighted by Gasteiger charge is -2.48. The van der Waals surface area contributed by atoms with Crippen LogP contribution in [0.25, 0.3) is 0 Å². The highest BCUT2D eigenvalue weighted by atomic mass is 32.2. The second kappa shape index (κ2) is 6.23. The van der Waals surface area contributed by atoms with Crippen LogP contribution in [0.5, 0.6) is 0 Å². The van der Waals surface area contributed by atoms with Gasteiger partial charge in [0.25, 0.3) is 5.78 Å². The lowest BCUT2D eigenvalue weighted by molar-refractivity contribution is -0.168. The smallest absolute Gasteiger partial charge is 0.454 e. The second-order valence-corrected chi connectivity index (χ2v) is 7.01. The highest BCUT2D eigenvalue weighted by Gasteiger charge is 2.55. The molecule has 3 N–H and O–H groups in total. The van der Waals surface area contributed by atoms with Gasteiger partial charge in [0.05, 0.1) is 0 Å². The summed E-state index contributed by atoms with van der Waals surface area (Å²) in [4.78, 5) is 22.8. The van der Waals surface area contributed by atoms with E-state index in [-0.39, 0.29) is 11.3 Å². The number of hydrogen-bond acceptors (Lipinski definition) is 4. The average Bonchev–Trinajstić information content (AvgIpc) is 2.42. The third-order valence-corrected chi connectivity index (χ3v) is 5.58. The van der Waals surface area contributed by atoms with Crippen LogP contribution in [0.4, 0.5) is 13.2 Å². The summed E-state index contributed by atoms with van der Waals surface area (Å²) >= 11 is 0.973. The molecule has 0 heterocycles. The number of alkyl halides is 3. The quantitative estimate of drug-likeness (QED) is 0.806. The van der Waals surface area contributed by atoms with Crippen molar-refractivity contribution in [2.24, 2.45) is 11.1 Å². The molecule has 4 nitrogen and oxygen atoms in total. The number of allylic oxidation sites excluding steroid dienone is 2. The van der Waals surface area contributed by atoms with Crippen molar-refractivity contribution in [2.45, 2.75) is 50.7 Å². The first-order valence-electron chi connectivity index (χ1n) is 7.14. The summed E-state index contributed by atoms with van der Waals surface area (Å²) in [7, 11) is 0. The summed E-state index contributed by atoms with van der Waals surface area (Å²) < 4.78 is 38.5. The number of carboxylic acid groups (broad SMARTS) is 1. The predicted molar refractivity (Wildman–Crippen MR) is 76.3 cm³/mol. The van der Waals surface area contributed by atoms with Crippen LogP contribution in [-0.4, -0.2) is 34.8 Å². The SMILES string of the molecule is NC(CSC1=C(C(=O)C(F)(F)F)C2(CCCCC2)C1)C(=O)O. The Morgan fingerprint density at radius 3 is 2.36 bits per heavy atom. The van der Waals surface area contributed by atoms with E-state index >= 15 is 0 Å². The van der Waals surface area contributed by atoms with Gasteiger partial charge in [0.2, 0.25) is 0 Å². The lowest BCUT2D eigenvalue weighted by atomic mass is 9.59. The number of carbonyl (C=O) groups is 2. The maximum absolute atomic E-state index is 12.8. The number of nitrogens with two attached hydrogens (primary N) is 1. The molecule has 0 aromatic heterocycles. The Morgan fingerprint density at radius 1 is 1.27 bits per heavy atom. The maximum Gasteiger partial charge on any atom is 0.454 e. The zero-order valence-electron chi connectivity index (χ0n) is 11.9. The molecule has 0 bridgehead atoms. The van der Waals surface area contributed by atoms with Crippen LogP contribution < -0.4 is 5.73 Å². The zero-order valence-corrected chi connectivity index (χ0v) is 12.7. The van der Waals surface area contributed by atoms with Crippen molar-refractivity contribution < 1.29 is 27.9 Å². The number of hydrogen-bond donors (Lipinski definition) is 2. The zero-order chi connectivity index (χ0) is 16.5. The first-order chi connectivity index (χ1) is 10.2. The number of ketones is 1. The topological polar surface area (TPSA) is 80.4 Å². The summed E-state index contributed by atoms with van der Waals surface area (Å²) in [5.74, 6) is -3.01. The molecule has 2 rings (SSSR count). The molecule has 2 aliphatic carbocycles. The van der Waals surface area contributed by atoms with E-state index in [1.807, 2.05) is 0 Å². The van der Waals surface area contributed by atoms with Gasteiger partial charge in [0.15, 0.2) is 0 Å². The van der Waals surface area contributed by atoms with Gasteiger partial charge in [-0.3, -0.25) is 9.59 Å². The van der Waals surface area contributed by atoms with Crippen molar-refractivity contribution in [1.29, 1.82) is 0 Å². The standard InChI is InChI=1S/C14H18F3NO3S/c15-14(16,17)11(19)10-9(22-7-8(18)12(20)21)6-13(10)4-2-1-3-5-13/h8H,1-7,18H2,(H,20,21). The molecule has 1 saturated carbocycles. The Kier molecular flexibility index (Phi) is 4.91. The highest BCUT2D eigenvalue weighted by Crippen LogP contribution is 2.59. The van der Waals surface area contributed by atoms with Crippen molar-refractivity contribution in [3.8, 4) is 0 Å². The number of rotatable bonds is 5. The number of thioether (sulfide) groups is 1. The molecule has 22 heavy (non-hydrogen) atoms. The molecular formula is C14H18F3NO3S. The fourth-order valence-electron chi connectivity index (χ4n) is 3.22. The molecule has 1 unspecified atom stereocenters. The molecule has 124 valence electrons. The van der Waals surface area contributed by atoms with E-state index < -0.39 is 29.4 Å². The Morgan fingerprint density at radius 2 is 1.86 bits per heavy atom. The maximum atomic E-state index is 12.8. The number of carbonyl (C=O) groups excluding carboxylic acids is 1. The first kappa shape index (κ1) is 17.3. The van der Waals surface area contributed by atoms with Crippen molar-refractivity contribution in [1.82, 2.24) is 0 Å². The van der Waals surface area contributed by atoms with Crippen LogP contribution in [0.2, 0.25) is 0 Å². The molecule has 0 aromatic rings. The van der Waals surface area contributed by atoms with Crippen LogP contribution >= 0.6 is 11.8 Å². The van der Waals surface area contributed by atoms with Crippen LogP contribution in [-0.2, 0) is 9.59 Å². The first-order valence-corrected chi connectivity index (χ1v) is 8.12. The van der Waals surface area contributed by atoms with Crippen LogP contribution in [0, 0.1) is 5.41 Å². The summed E-state index contributed by atoms with van der Waals surface area (Å²) in [5, 5.41) is 8.73. The van der Waals surface area contributed by atoms with Crippen molar-refractivity contribution >= 4 is 23.5 Å². The Hall–Kier alpha value is -1.02. The van der Waals surface area contributed by atoms with Crippen LogP contribution in [0.3, 0.4) is 0 Å². The minimum atomic E-state index is -4.89. The van der Waals surface area contributed by atoms with Gasteiger partial charge >= 0.3 is 12.1 Å². The molecule has 0 aromatic carbocycles. The summed E-state index contributed by atoms with van der Waals surface area (Å²) in [6, 6.07) is -1.15. The van der Waals surface area contributed by atoms with Gasteiger partial charge in [-0.2, -0.15) is 13.2 Å². The Balaban J connectivity index is 2.21. The lowest BCUT2D eigenvalue weighted by Crippen LogP contribution is -2.43. The van der Waals surface area contributed by atoms with E-state index in [0.29, 0.717) is 24.2 Å². The van der Waals surface area contributed by atoms with Crippen molar-refractivity contribution in [2.75, 3.05) is 5.75 Å². The molecule has 0 radical (unpaired) electrons. The highest BCUT2D eigenvalue weighted by molar-refractivity contribution is 8.03.